The molecule has 100 valence electrons. The van der Waals surface area contributed by atoms with Gasteiger partial charge < -0.3 is 20.7 Å². The molecule has 1 atom stereocenters. The van der Waals surface area contributed by atoms with E-state index >= 15 is 0 Å². The first-order chi connectivity index (χ1) is 9.15. The van der Waals surface area contributed by atoms with E-state index in [4.69, 9.17) is 15.4 Å². The second-order valence-electron chi connectivity index (χ2n) is 4.11. The van der Waals surface area contributed by atoms with Gasteiger partial charge in [0.25, 0.3) is 5.91 Å². The molecule has 4 N–H and O–H groups in total. The molecule has 1 aromatic carbocycles. The van der Waals surface area contributed by atoms with Crippen molar-refractivity contribution in [1.82, 2.24) is 5.32 Å². The van der Waals surface area contributed by atoms with Crippen LogP contribution in [0.2, 0.25) is 0 Å². The second kappa shape index (κ2) is 5.43. The summed E-state index contributed by atoms with van der Waals surface area (Å²) in [6, 6.07) is 8.47. The molecule has 1 unspecified atom stereocenters. The molecule has 6 heteroatoms. The zero-order valence-electron chi connectivity index (χ0n) is 10.5. The quantitative estimate of drug-likeness (QED) is 0.337. The number of benzene rings is 1. The zero-order valence-corrected chi connectivity index (χ0v) is 10.5. The molecule has 0 aliphatic rings. The van der Waals surface area contributed by atoms with E-state index in [1.54, 1.807) is 12.1 Å². The van der Waals surface area contributed by atoms with Gasteiger partial charge in [-0.15, -0.1) is 0 Å². The maximum atomic E-state index is 12.0. The van der Waals surface area contributed by atoms with Crippen molar-refractivity contribution in [2.75, 3.05) is 0 Å². The Kier molecular flexibility index (Phi) is 3.70. The van der Waals surface area contributed by atoms with Gasteiger partial charge in [-0.3, -0.25) is 4.79 Å². The number of nitrogens with two attached hydrogens (primary N) is 1. The van der Waals surface area contributed by atoms with Crippen molar-refractivity contribution in [2.24, 2.45) is 10.9 Å². The van der Waals surface area contributed by atoms with E-state index in [0.29, 0.717) is 12.0 Å². The topological polar surface area (TPSA) is 101 Å². The summed E-state index contributed by atoms with van der Waals surface area (Å²) < 4.78 is 5.43. The summed E-state index contributed by atoms with van der Waals surface area (Å²) in [5.41, 5.74) is 6.13. The summed E-state index contributed by atoms with van der Waals surface area (Å²) in [4.78, 5) is 12.0. The summed E-state index contributed by atoms with van der Waals surface area (Å²) in [5, 5.41) is 15.0. The average Bonchev–Trinajstić information content (AvgIpc) is 2.87. The number of fused-ring (bicyclic) bond motifs is 1. The van der Waals surface area contributed by atoms with Gasteiger partial charge in [0.05, 0.1) is 6.04 Å². The van der Waals surface area contributed by atoms with E-state index in [9.17, 15) is 4.79 Å². The summed E-state index contributed by atoms with van der Waals surface area (Å²) in [7, 11) is 0. The van der Waals surface area contributed by atoms with Gasteiger partial charge in [0.2, 0.25) is 0 Å². The predicted octanol–water partition coefficient (Wildman–Crippen LogP) is 1.69. The van der Waals surface area contributed by atoms with Crippen LogP contribution in [0.1, 0.15) is 23.9 Å². The van der Waals surface area contributed by atoms with Gasteiger partial charge in [-0.2, -0.15) is 0 Å². The van der Waals surface area contributed by atoms with Crippen molar-refractivity contribution in [2.45, 2.75) is 19.4 Å². The number of amides is 1. The number of nitrogens with zero attached hydrogens (tertiary/aromatic N) is 1. The highest BCUT2D eigenvalue weighted by Crippen LogP contribution is 2.18. The molecule has 1 amide bonds. The van der Waals surface area contributed by atoms with Crippen LogP contribution in [0.15, 0.2) is 39.9 Å². The molecule has 0 aliphatic carbocycles. The van der Waals surface area contributed by atoms with Crippen LogP contribution in [0.4, 0.5) is 0 Å². The minimum Gasteiger partial charge on any atom is -0.451 e. The van der Waals surface area contributed by atoms with Gasteiger partial charge in [-0.1, -0.05) is 30.3 Å². The smallest absolute Gasteiger partial charge is 0.287 e. The molecule has 0 radical (unpaired) electrons. The Labute approximate surface area is 109 Å². The van der Waals surface area contributed by atoms with Crippen LogP contribution in [0.5, 0.6) is 0 Å². The van der Waals surface area contributed by atoms with Gasteiger partial charge >= 0.3 is 0 Å². The minimum atomic E-state index is -0.522. The molecule has 1 heterocycles. The third-order valence-corrected chi connectivity index (χ3v) is 2.84. The maximum Gasteiger partial charge on any atom is 0.287 e. The summed E-state index contributed by atoms with van der Waals surface area (Å²) in [5.74, 6) is -0.230. The number of hydrogen-bond donors (Lipinski definition) is 3. The normalized spacial score (nSPS) is 13.4. The van der Waals surface area contributed by atoms with Crippen LogP contribution >= 0.6 is 0 Å². The molecule has 0 saturated carbocycles. The minimum absolute atomic E-state index is 0.0352. The molecule has 1 aromatic heterocycles. The maximum absolute atomic E-state index is 12.0. The Morgan fingerprint density at radius 3 is 2.89 bits per heavy atom. The molecule has 2 aromatic rings. The number of carbonyl (C=O) groups excluding carboxylic acids is 1. The van der Waals surface area contributed by atoms with Crippen molar-refractivity contribution in [1.29, 1.82) is 0 Å². The molecular formula is C13H15N3O3. The van der Waals surface area contributed by atoms with E-state index in [2.05, 4.69) is 10.5 Å². The van der Waals surface area contributed by atoms with Gasteiger partial charge in [-0.25, -0.2) is 0 Å². The lowest BCUT2D eigenvalue weighted by Crippen LogP contribution is -2.44. The third kappa shape index (κ3) is 2.67. The summed E-state index contributed by atoms with van der Waals surface area (Å²) in [6.45, 7) is 1.82. The molecule has 0 spiro atoms. The average molecular weight is 261 g/mol. The van der Waals surface area contributed by atoms with Crippen molar-refractivity contribution >= 4 is 22.7 Å². The van der Waals surface area contributed by atoms with E-state index < -0.39 is 11.9 Å². The lowest BCUT2D eigenvalue weighted by molar-refractivity contribution is 0.0920. The zero-order chi connectivity index (χ0) is 13.8. The lowest BCUT2D eigenvalue weighted by Gasteiger charge is -2.13. The predicted molar refractivity (Wildman–Crippen MR) is 71.2 cm³/mol. The first kappa shape index (κ1) is 12.9. The van der Waals surface area contributed by atoms with Crippen LogP contribution in [0.3, 0.4) is 0 Å². The number of amidine groups is 1. The highest BCUT2D eigenvalue weighted by molar-refractivity contribution is 5.99. The van der Waals surface area contributed by atoms with Crippen molar-refractivity contribution in [3.63, 3.8) is 0 Å². The number of para-hydroxylation sites is 1. The summed E-state index contributed by atoms with van der Waals surface area (Å²) in [6.07, 6.45) is 0.516. The van der Waals surface area contributed by atoms with Crippen molar-refractivity contribution < 1.29 is 14.4 Å². The third-order valence-electron chi connectivity index (χ3n) is 2.84. The van der Waals surface area contributed by atoms with E-state index in [1.807, 2.05) is 25.1 Å². The number of furan rings is 1. The van der Waals surface area contributed by atoms with E-state index in [1.165, 1.54) is 0 Å². The Hall–Kier alpha value is -2.50. The lowest BCUT2D eigenvalue weighted by atomic mass is 10.2. The standard InChI is InChI=1S/C13H15N3O3/c1-2-9(12(14)16-18)15-13(17)11-7-8-5-3-4-6-10(8)19-11/h3-7,9,18H,2H2,1H3,(H2,14,16)(H,15,17). The molecular weight excluding hydrogens is 246 g/mol. The molecule has 0 bridgehead atoms. The Bertz CT molecular complexity index is 585. The van der Waals surface area contributed by atoms with Gasteiger partial charge in [-0.05, 0) is 18.6 Å². The summed E-state index contributed by atoms with van der Waals surface area (Å²) >= 11 is 0. The highest BCUT2D eigenvalue weighted by atomic mass is 16.4. The van der Waals surface area contributed by atoms with E-state index in [-0.39, 0.29) is 11.6 Å². The fourth-order valence-electron chi connectivity index (χ4n) is 1.78. The van der Waals surface area contributed by atoms with Crippen LogP contribution < -0.4 is 11.1 Å². The molecule has 0 fully saturated rings. The number of nitrogens with one attached hydrogen (secondary N) is 1. The van der Waals surface area contributed by atoms with Crippen LogP contribution in [-0.2, 0) is 0 Å². The number of carbonyl (C=O) groups is 1. The molecule has 2 rings (SSSR count). The first-order valence-corrected chi connectivity index (χ1v) is 5.92. The molecule has 0 saturated heterocycles. The number of rotatable bonds is 4. The Morgan fingerprint density at radius 1 is 1.53 bits per heavy atom. The molecule has 19 heavy (non-hydrogen) atoms. The van der Waals surface area contributed by atoms with Crippen LogP contribution in [0, 0.1) is 0 Å². The van der Waals surface area contributed by atoms with Crippen molar-refractivity contribution in [3.8, 4) is 0 Å². The Morgan fingerprint density at radius 2 is 2.26 bits per heavy atom. The fourth-order valence-corrected chi connectivity index (χ4v) is 1.78. The van der Waals surface area contributed by atoms with Crippen molar-refractivity contribution in [3.05, 3.63) is 36.1 Å². The number of oxime groups is 1. The monoisotopic (exact) mass is 261 g/mol. The highest BCUT2D eigenvalue weighted by Gasteiger charge is 2.18. The van der Waals surface area contributed by atoms with Gasteiger partial charge in [0.1, 0.15) is 5.58 Å². The number of hydrogen-bond acceptors (Lipinski definition) is 4. The van der Waals surface area contributed by atoms with Crippen LogP contribution in [-0.4, -0.2) is 23.0 Å². The SMILES string of the molecule is CCC(NC(=O)c1cc2ccccc2o1)/C(N)=N/O. The first-order valence-electron chi connectivity index (χ1n) is 5.92. The fraction of sp³-hybridized carbons (Fsp3) is 0.231. The largest absolute Gasteiger partial charge is 0.451 e. The second-order valence-corrected chi connectivity index (χ2v) is 4.11. The molecule has 0 aliphatic heterocycles. The van der Waals surface area contributed by atoms with Gasteiger partial charge in [0.15, 0.2) is 11.6 Å². The molecule has 6 nitrogen and oxygen atoms in total. The van der Waals surface area contributed by atoms with Crippen LogP contribution in [0.25, 0.3) is 11.0 Å². The van der Waals surface area contributed by atoms with Gasteiger partial charge in [0, 0.05) is 5.39 Å². The Balaban J connectivity index is 2.19. The van der Waals surface area contributed by atoms with E-state index in [0.717, 1.165) is 5.39 Å².